The lowest BCUT2D eigenvalue weighted by Gasteiger charge is -2.08. The molecule has 9 heteroatoms. The van der Waals surface area contributed by atoms with Crippen LogP contribution in [0.1, 0.15) is 38.8 Å². The maximum absolute atomic E-state index is 11.4. The van der Waals surface area contributed by atoms with Gasteiger partial charge in [0.25, 0.3) is 0 Å². The first-order chi connectivity index (χ1) is 15.8. The molecule has 4 aromatic rings. The van der Waals surface area contributed by atoms with Crippen molar-refractivity contribution in [3.63, 3.8) is 0 Å². The number of benzene rings is 2. The van der Waals surface area contributed by atoms with Crippen molar-refractivity contribution in [2.75, 3.05) is 20.3 Å². The molecule has 0 bridgehead atoms. The van der Waals surface area contributed by atoms with Crippen molar-refractivity contribution < 1.29 is 24.2 Å². The van der Waals surface area contributed by atoms with Crippen LogP contribution in [0.4, 0.5) is 0 Å². The molecule has 0 aliphatic rings. The predicted molar refractivity (Wildman–Crippen MR) is 130 cm³/mol. The average molecular weight is 491 g/mol. The smallest absolute Gasteiger partial charge is 0.339 e. The van der Waals surface area contributed by atoms with Crippen LogP contribution in [0.5, 0.6) is 0 Å². The molecule has 4 rings (SSSR count). The van der Waals surface area contributed by atoms with Gasteiger partial charge >= 0.3 is 11.9 Å². The Hall–Kier alpha value is -3.00. The standard InChI is InChI=1S/C13H14ClNO3.C11H10ClNO2/c1-2-18-6-4-8-7-10(13(16)17)11(14)9-3-5-15-12(8)9;1-6-5-8(11(14)15-2)9(12)7-3-4-13-10(6)7/h3,5,7,15H,2,4,6H2,1H3,(H,16,17);3-5,13H,1-2H3. The highest BCUT2D eigenvalue weighted by Gasteiger charge is 2.17. The molecule has 0 fully saturated rings. The Morgan fingerprint density at radius 2 is 1.61 bits per heavy atom. The molecule has 0 saturated carbocycles. The van der Waals surface area contributed by atoms with Gasteiger partial charge in [-0.25, -0.2) is 9.59 Å². The first kappa shape index (κ1) is 24.6. The van der Waals surface area contributed by atoms with E-state index in [1.54, 1.807) is 30.6 Å². The van der Waals surface area contributed by atoms with Crippen LogP contribution in [0.25, 0.3) is 21.8 Å². The van der Waals surface area contributed by atoms with Crippen LogP contribution in [0.2, 0.25) is 10.0 Å². The van der Waals surface area contributed by atoms with Crippen molar-refractivity contribution in [2.24, 2.45) is 0 Å². The third-order valence-corrected chi connectivity index (χ3v) is 6.00. The van der Waals surface area contributed by atoms with Crippen molar-refractivity contribution in [1.29, 1.82) is 0 Å². The van der Waals surface area contributed by atoms with Gasteiger partial charge in [-0.1, -0.05) is 23.2 Å². The largest absolute Gasteiger partial charge is 0.478 e. The molecular formula is C24H24Cl2N2O5. The Morgan fingerprint density at radius 3 is 2.21 bits per heavy atom. The number of aromatic nitrogens is 2. The zero-order valence-electron chi connectivity index (χ0n) is 18.4. The number of nitrogens with one attached hydrogen (secondary N) is 2. The van der Waals surface area contributed by atoms with Crippen LogP contribution in [-0.4, -0.2) is 47.3 Å². The number of methoxy groups -OCH3 is 1. The van der Waals surface area contributed by atoms with Crippen LogP contribution in [0, 0.1) is 6.92 Å². The number of esters is 1. The molecule has 2 aromatic heterocycles. The molecule has 2 heterocycles. The van der Waals surface area contributed by atoms with E-state index >= 15 is 0 Å². The van der Waals surface area contributed by atoms with Crippen LogP contribution < -0.4 is 0 Å². The molecule has 0 radical (unpaired) electrons. The Morgan fingerprint density at radius 1 is 1.00 bits per heavy atom. The van der Waals surface area contributed by atoms with Crippen molar-refractivity contribution in [3.8, 4) is 0 Å². The SMILES string of the molecule is CCOCCc1cc(C(=O)O)c(Cl)c2cc[nH]c12.COC(=O)c1cc(C)c2[nH]ccc2c1Cl. The van der Waals surface area contributed by atoms with Crippen molar-refractivity contribution in [2.45, 2.75) is 20.3 Å². The normalized spacial score (nSPS) is 10.8. The fourth-order valence-electron chi connectivity index (χ4n) is 3.59. The first-order valence-electron chi connectivity index (χ1n) is 10.2. The molecule has 7 nitrogen and oxygen atoms in total. The molecule has 0 saturated heterocycles. The van der Waals surface area contributed by atoms with E-state index in [9.17, 15) is 9.59 Å². The second kappa shape index (κ2) is 10.7. The first-order valence-corrected chi connectivity index (χ1v) is 11.0. The quantitative estimate of drug-likeness (QED) is 0.226. The highest BCUT2D eigenvalue weighted by atomic mass is 35.5. The van der Waals surface area contributed by atoms with Gasteiger partial charge in [0.15, 0.2) is 0 Å². The van der Waals surface area contributed by atoms with Crippen LogP contribution in [-0.2, 0) is 15.9 Å². The lowest BCUT2D eigenvalue weighted by Crippen LogP contribution is -2.03. The van der Waals surface area contributed by atoms with E-state index in [1.165, 1.54) is 7.11 Å². The third-order valence-electron chi connectivity index (χ3n) is 5.19. The van der Waals surface area contributed by atoms with Gasteiger partial charge in [0.05, 0.1) is 40.4 Å². The number of rotatable bonds is 6. The molecule has 0 amide bonds. The molecular weight excluding hydrogens is 467 g/mol. The number of hydrogen-bond donors (Lipinski definition) is 3. The Kier molecular flexibility index (Phi) is 8.02. The summed E-state index contributed by atoms with van der Waals surface area (Å²) in [6, 6.07) is 6.97. The molecule has 0 aliphatic heterocycles. The molecule has 174 valence electrons. The summed E-state index contributed by atoms with van der Waals surface area (Å²) in [6.07, 6.45) is 4.21. The van der Waals surface area contributed by atoms with Gasteiger partial charge in [0.2, 0.25) is 0 Å². The lowest BCUT2D eigenvalue weighted by atomic mass is 10.0. The summed E-state index contributed by atoms with van der Waals surface area (Å²) in [7, 11) is 1.34. The molecule has 2 aromatic carbocycles. The van der Waals surface area contributed by atoms with E-state index in [-0.39, 0.29) is 10.6 Å². The highest BCUT2D eigenvalue weighted by molar-refractivity contribution is 6.39. The molecule has 0 unspecified atom stereocenters. The third kappa shape index (κ3) is 5.16. The summed E-state index contributed by atoms with van der Waals surface area (Å²) in [6.45, 7) is 5.05. The van der Waals surface area contributed by atoms with E-state index in [1.807, 2.05) is 19.9 Å². The second-order valence-electron chi connectivity index (χ2n) is 7.23. The summed E-state index contributed by atoms with van der Waals surface area (Å²) in [5.74, 6) is -1.42. The van der Waals surface area contributed by atoms with Crippen LogP contribution >= 0.6 is 23.2 Å². The number of carbonyl (C=O) groups excluding carboxylic acids is 1. The fourth-order valence-corrected chi connectivity index (χ4v) is 4.17. The Balaban J connectivity index is 0.000000189. The molecule has 3 N–H and O–H groups in total. The number of carboxylic acids is 1. The van der Waals surface area contributed by atoms with Gasteiger partial charge in [0, 0.05) is 35.3 Å². The minimum atomic E-state index is -1.01. The maximum Gasteiger partial charge on any atom is 0.339 e. The number of carbonyl (C=O) groups is 2. The Labute approximate surface area is 200 Å². The van der Waals surface area contributed by atoms with E-state index < -0.39 is 11.9 Å². The van der Waals surface area contributed by atoms with Crippen molar-refractivity contribution in [1.82, 2.24) is 9.97 Å². The van der Waals surface area contributed by atoms with Gasteiger partial charge in [0.1, 0.15) is 0 Å². The van der Waals surface area contributed by atoms with E-state index in [0.717, 1.165) is 32.9 Å². The molecule has 0 aliphatic carbocycles. The highest BCUT2D eigenvalue weighted by Crippen LogP contribution is 2.31. The topological polar surface area (TPSA) is 104 Å². The van der Waals surface area contributed by atoms with Crippen LogP contribution in [0.3, 0.4) is 0 Å². The van der Waals surface area contributed by atoms with Crippen LogP contribution in [0.15, 0.2) is 36.7 Å². The maximum atomic E-state index is 11.4. The summed E-state index contributed by atoms with van der Waals surface area (Å²) in [5, 5.41) is 11.4. The van der Waals surface area contributed by atoms with Gasteiger partial charge < -0.3 is 24.5 Å². The summed E-state index contributed by atoms with van der Waals surface area (Å²) >= 11 is 12.2. The predicted octanol–water partition coefficient (Wildman–Crippen LogP) is 6.01. The van der Waals surface area contributed by atoms with E-state index in [0.29, 0.717) is 30.2 Å². The molecule has 33 heavy (non-hydrogen) atoms. The molecule has 0 atom stereocenters. The zero-order valence-corrected chi connectivity index (χ0v) is 19.9. The lowest BCUT2D eigenvalue weighted by molar-refractivity contribution is 0.0600. The van der Waals surface area contributed by atoms with Gasteiger partial charge in [-0.15, -0.1) is 0 Å². The zero-order chi connectivity index (χ0) is 24.1. The van der Waals surface area contributed by atoms with Gasteiger partial charge in [-0.05, 0) is 55.7 Å². The number of aromatic amines is 2. The number of hydrogen-bond acceptors (Lipinski definition) is 4. The number of aromatic carboxylic acids is 1. The number of H-pyrrole nitrogens is 2. The summed E-state index contributed by atoms with van der Waals surface area (Å²) in [4.78, 5) is 28.7. The summed E-state index contributed by atoms with van der Waals surface area (Å²) < 4.78 is 9.96. The molecule has 0 spiro atoms. The van der Waals surface area contributed by atoms with Crippen molar-refractivity contribution >= 4 is 56.9 Å². The van der Waals surface area contributed by atoms with Gasteiger partial charge in [-0.3, -0.25) is 0 Å². The van der Waals surface area contributed by atoms with E-state index in [2.05, 4.69) is 14.7 Å². The number of fused-ring (bicyclic) bond motifs is 2. The number of halogens is 2. The van der Waals surface area contributed by atoms with Crippen molar-refractivity contribution in [3.05, 3.63) is 69.0 Å². The number of aryl methyl sites for hydroxylation is 1. The fraction of sp³-hybridized carbons (Fsp3) is 0.250. The number of ether oxygens (including phenoxy) is 2. The monoisotopic (exact) mass is 490 g/mol. The second-order valence-corrected chi connectivity index (χ2v) is 7.98. The van der Waals surface area contributed by atoms with E-state index in [4.69, 9.17) is 33.0 Å². The van der Waals surface area contributed by atoms with Gasteiger partial charge in [-0.2, -0.15) is 0 Å². The summed E-state index contributed by atoms with van der Waals surface area (Å²) in [5.41, 5.74) is 4.25. The minimum absolute atomic E-state index is 0.135. The minimum Gasteiger partial charge on any atom is -0.478 e. The number of carboxylic acid groups (broad SMARTS) is 1. The Bertz CT molecular complexity index is 1310. The average Bonchev–Trinajstić information content (AvgIpc) is 3.48.